The van der Waals surface area contributed by atoms with Crippen LogP contribution in [0.2, 0.25) is 0 Å². The molecule has 2 saturated heterocycles. The summed E-state index contributed by atoms with van der Waals surface area (Å²) in [5.74, 6) is 0. The van der Waals surface area contributed by atoms with Crippen molar-refractivity contribution in [2.24, 2.45) is 0 Å². The normalized spacial score (nSPS) is 38.8. The average Bonchev–Trinajstić information content (AvgIpc) is 2.21. The van der Waals surface area contributed by atoms with E-state index in [1.807, 2.05) is 0 Å². The standard InChI is InChI=1S/C4H2OS5/c5-3-7-1-2(8-3)10-4(6)9-1/h1-2H. The van der Waals surface area contributed by atoms with Crippen LogP contribution >= 0.6 is 59.3 Å². The molecule has 0 radical (unpaired) electrons. The molecule has 1 nitrogen and oxygen atoms in total. The van der Waals surface area contributed by atoms with E-state index in [0.29, 0.717) is 9.16 Å². The van der Waals surface area contributed by atoms with E-state index >= 15 is 0 Å². The van der Waals surface area contributed by atoms with Crippen LogP contribution in [0.5, 0.6) is 0 Å². The van der Waals surface area contributed by atoms with Crippen molar-refractivity contribution in [3.8, 4) is 0 Å². The summed E-state index contributed by atoms with van der Waals surface area (Å²) >= 11 is 11.1. The highest BCUT2D eigenvalue weighted by Crippen LogP contribution is 2.56. The van der Waals surface area contributed by atoms with Gasteiger partial charge < -0.3 is 0 Å². The summed E-state index contributed by atoms with van der Waals surface area (Å²) in [6.45, 7) is 0. The first-order chi connectivity index (χ1) is 4.75. The minimum atomic E-state index is 0.248. The maximum absolute atomic E-state index is 10.8. The molecule has 2 aliphatic heterocycles. The van der Waals surface area contributed by atoms with Crippen molar-refractivity contribution in [1.82, 2.24) is 0 Å². The van der Waals surface area contributed by atoms with Gasteiger partial charge in [0.25, 0.3) is 0 Å². The van der Waals surface area contributed by atoms with E-state index in [2.05, 4.69) is 0 Å². The third-order valence-corrected chi connectivity index (χ3v) is 7.44. The number of carbonyl (C=O) groups is 1. The monoisotopic (exact) mass is 226 g/mol. The number of thioether (sulfide) groups is 4. The molecule has 2 heterocycles. The number of fused-ring (bicyclic) bond motifs is 1. The van der Waals surface area contributed by atoms with Crippen molar-refractivity contribution in [1.29, 1.82) is 0 Å². The molecule has 0 aromatic carbocycles. The summed E-state index contributed by atoms with van der Waals surface area (Å²) in [5.41, 5.74) is 0. The zero-order valence-corrected chi connectivity index (χ0v) is 8.69. The number of carbonyl (C=O) groups excluding carboxylic acids is 1. The van der Waals surface area contributed by atoms with Crippen molar-refractivity contribution >= 4 is 67.2 Å². The number of hydrogen-bond acceptors (Lipinski definition) is 6. The lowest BCUT2D eigenvalue weighted by molar-refractivity contribution is 0.277. The number of thiocarbonyl (C=S) groups is 1. The van der Waals surface area contributed by atoms with Crippen molar-refractivity contribution < 1.29 is 4.79 Å². The molecule has 0 N–H and O–H groups in total. The molecule has 0 aromatic heterocycles. The zero-order chi connectivity index (χ0) is 7.14. The van der Waals surface area contributed by atoms with Gasteiger partial charge in [0.1, 0.15) is 3.53 Å². The summed E-state index contributed by atoms with van der Waals surface area (Å²) in [6.07, 6.45) is 0. The minimum Gasteiger partial charge on any atom is -0.274 e. The summed E-state index contributed by atoms with van der Waals surface area (Å²) in [7, 11) is 0. The molecule has 2 aliphatic rings. The quantitative estimate of drug-likeness (QED) is 0.586. The van der Waals surface area contributed by atoms with Gasteiger partial charge in [-0.15, -0.1) is 0 Å². The van der Waals surface area contributed by atoms with Crippen molar-refractivity contribution in [2.75, 3.05) is 0 Å². The largest absolute Gasteiger partial charge is 0.274 e. The van der Waals surface area contributed by atoms with Gasteiger partial charge in [0, 0.05) is 0 Å². The Bertz CT molecular complexity index is 164. The molecule has 6 heteroatoms. The lowest BCUT2D eigenvalue weighted by Crippen LogP contribution is -1.97. The van der Waals surface area contributed by atoms with Gasteiger partial charge in [0.15, 0.2) is 0 Å². The summed E-state index contributed by atoms with van der Waals surface area (Å²) in [5, 5.41) is 0. The van der Waals surface area contributed by atoms with Crippen LogP contribution in [0.25, 0.3) is 0 Å². The second-order valence-corrected chi connectivity index (χ2v) is 8.28. The van der Waals surface area contributed by atoms with Crippen LogP contribution in [0.4, 0.5) is 4.79 Å². The molecule has 2 atom stereocenters. The first-order valence-electron chi connectivity index (χ1n) is 2.50. The second-order valence-electron chi connectivity index (χ2n) is 1.71. The summed E-state index contributed by atoms with van der Waals surface area (Å²) in [6, 6.07) is 0. The zero-order valence-electron chi connectivity index (χ0n) is 4.60. The van der Waals surface area contributed by atoms with E-state index in [9.17, 15) is 4.79 Å². The first-order valence-corrected chi connectivity index (χ1v) is 6.43. The molecular weight excluding hydrogens is 224 g/mol. The predicted octanol–water partition coefficient (Wildman–Crippen LogP) is 3.00. The van der Waals surface area contributed by atoms with Crippen LogP contribution < -0.4 is 0 Å². The minimum absolute atomic E-state index is 0.248. The molecule has 2 unspecified atom stereocenters. The average molecular weight is 226 g/mol. The first kappa shape index (κ1) is 7.79. The van der Waals surface area contributed by atoms with E-state index < -0.39 is 0 Å². The Morgan fingerprint density at radius 2 is 1.60 bits per heavy atom. The van der Waals surface area contributed by atoms with Gasteiger partial charge in [-0.1, -0.05) is 59.3 Å². The number of hydrogen-bond donors (Lipinski definition) is 0. The fourth-order valence-corrected chi connectivity index (χ4v) is 8.14. The van der Waals surface area contributed by atoms with E-state index in [-0.39, 0.29) is 4.45 Å². The van der Waals surface area contributed by atoms with E-state index in [4.69, 9.17) is 12.2 Å². The highest BCUT2D eigenvalue weighted by atomic mass is 32.3. The van der Waals surface area contributed by atoms with Crippen LogP contribution in [0.3, 0.4) is 0 Å². The Morgan fingerprint density at radius 3 is 2.10 bits per heavy atom. The maximum atomic E-state index is 10.8. The SMILES string of the molecule is O=C1SC2SC(=S)SC2S1. The fourth-order valence-electron chi connectivity index (χ4n) is 0.705. The molecule has 0 aliphatic carbocycles. The van der Waals surface area contributed by atoms with Gasteiger partial charge in [-0.2, -0.15) is 0 Å². The Labute approximate surface area is 80.8 Å². The Hall–Kier alpha value is 1.16. The van der Waals surface area contributed by atoms with E-state index in [1.54, 1.807) is 23.5 Å². The third kappa shape index (κ3) is 1.36. The molecule has 0 amide bonds. The topological polar surface area (TPSA) is 17.1 Å². The van der Waals surface area contributed by atoms with Crippen LogP contribution in [0.15, 0.2) is 0 Å². The molecule has 0 saturated carbocycles. The molecule has 54 valence electrons. The fraction of sp³-hybridized carbons (Fsp3) is 0.500. The van der Waals surface area contributed by atoms with E-state index in [1.165, 1.54) is 23.5 Å². The Kier molecular flexibility index (Phi) is 2.26. The van der Waals surface area contributed by atoms with Crippen LogP contribution in [0, 0.1) is 0 Å². The van der Waals surface area contributed by atoms with Gasteiger partial charge in [-0.3, -0.25) is 4.79 Å². The smallest absolute Gasteiger partial charge is 0.248 e. The highest BCUT2D eigenvalue weighted by molar-refractivity contribution is 8.61. The second kappa shape index (κ2) is 2.90. The molecule has 2 fully saturated rings. The van der Waals surface area contributed by atoms with Crippen LogP contribution in [0.1, 0.15) is 0 Å². The van der Waals surface area contributed by atoms with Crippen molar-refractivity contribution in [3.63, 3.8) is 0 Å². The summed E-state index contributed by atoms with van der Waals surface area (Å²) < 4.78 is 2.03. The molecule has 0 spiro atoms. The molecular formula is C4H2OS5. The molecule has 2 rings (SSSR count). The van der Waals surface area contributed by atoms with Crippen molar-refractivity contribution in [3.05, 3.63) is 0 Å². The van der Waals surface area contributed by atoms with Gasteiger partial charge in [0.2, 0.25) is 4.45 Å². The van der Waals surface area contributed by atoms with E-state index in [0.717, 1.165) is 3.53 Å². The van der Waals surface area contributed by atoms with Gasteiger partial charge >= 0.3 is 0 Å². The van der Waals surface area contributed by atoms with Crippen LogP contribution in [-0.4, -0.2) is 17.1 Å². The number of rotatable bonds is 0. The van der Waals surface area contributed by atoms with Gasteiger partial charge in [-0.05, 0) is 0 Å². The molecule has 10 heavy (non-hydrogen) atoms. The Balaban J connectivity index is 2.12. The Morgan fingerprint density at radius 1 is 1.10 bits per heavy atom. The van der Waals surface area contributed by atoms with Gasteiger partial charge in [0.05, 0.1) is 9.16 Å². The van der Waals surface area contributed by atoms with Crippen LogP contribution in [-0.2, 0) is 0 Å². The lowest BCUT2D eigenvalue weighted by Gasteiger charge is -1.97. The molecule has 0 aromatic rings. The predicted molar refractivity (Wildman–Crippen MR) is 55.9 cm³/mol. The third-order valence-electron chi connectivity index (χ3n) is 1.07. The van der Waals surface area contributed by atoms with Gasteiger partial charge in [-0.25, -0.2) is 0 Å². The molecule has 0 bridgehead atoms. The maximum Gasteiger partial charge on any atom is 0.248 e. The highest BCUT2D eigenvalue weighted by Gasteiger charge is 2.42. The van der Waals surface area contributed by atoms with Crippen molar-refractivity contribution in [2.45, 2.75) is 9.16 Å². The summed E-state index contributed by atoms with van der Waals surface area (Å²) in [4.78, 5) is 10.8. The lowest BCUT2D eigenvalue weighted by atomic mass is 10.9.